The molecule has 10 heteroatoms. The van der Waals surface area contributed by atoms with Gasteiger partial charge in [-0.1, -0.05) is 22.4 Å². The molecule has 3 aromatic rings. The Hall–Kier alpha value is -2.59. The summed E-state index contributed by atoms with van der Waals surface area (Å²) in [6.45, 7) is 3.84. The number of halogens is 4. The van der Waals surface area contributed by atoms with Gasteiger partial charge in [-0.05, 0) is 56.6 Å². The van der Waals surface area contributed by atoms with Crippen molar-refractivity contribution in [3.8, 4) is 11.5 Å². The maximum atomic E-state index is 13.3. The van der Waals surface area contributed by atoms with Crippen LogP contribution in [-0.2, 0) is 6.18 Å². The number of likely N-dealkylation sites (tertiary alicyclic amines) is 1. The van der Waals surface area contributed by atoms with E-state index in [9.17, 15) is 13.2 Å². The number of methoxy groups -OCH3 is 1. The van der Waals surface area contributed by atoms with E-state index in [1.807, 2.05) is 0 Å². The third-order valence-corrected chi connectivity index (χ3v) is 6.47. The molecule has 0 aliphatic carbocycles. The lowest BCUT2D eigenvalue weighted by Crippen LogP contribution is -2.31. The number of ether oxygens (including phenoxy) is 2. The highest BCUT2D eigenvalue weighted by Crippen LogP contribution is 2.38. The van der Waals surface area contributed by atoms with E-state index in [0.717, 1.165) is 32.1 Å². The molecule has 4 rings (SSSR count). The second-order valence-corrected chi connectivity index (χ2v) is 9.02. The summed E-state index contributed by atoms with van der Waals surface area (Å²) in [5.74, 6) is 1.45. The number of rotatable bonds is 8. The van der Waals surface area contributed by atoms with Gasteiger partial charge >= 0.3 is 6.18 Å². The fourth-order valence-corrected chi connectivity index (χ4v) is 4.52. The van der Waals surface area contributed by atoms with E-state index in [2.05, 4.69) is 36.1 Å². The van der Waals surface area contributed by atoms with E-state index in [-0.39, 0.29) is 10.2 Å². The van der Waals surface area contributed by atoms with Crippen molar-refractivity contribution in [2.24, 2.45) is 0 Å². The lowest BCUT2D eigenvalue weighted by atomic mass is 10.1. The number of nitrogens with one attached hydrogen (secondary N) is 1. The Morgan fingerprint density at radius 1 is 1.06 bits per heavy atom. The second-order valence-electron chi connectivity index (χ2n) is 8.16. The molecule has 0 spiro atoms. The minimum atomic E-state index is -4.48. The van der Waals surface area contributed by atoms with E-state index in [1.165, 1.54) is 31.7 Å². The van der Waals surface area contributed by atoms with E-state index < -0.39 is 11.7 Å². The Labute approximate surface area is 204 Å². The van der Waals surface area contributed by atoms with Gasteiger partial charge in [0.15, 0.2) is 11.5 Å². The smallest absolute Gasteiger partial charge is 0.417 e. The van der Waals surface area contributed by atoms with Crippen LogP contribution in [0.25, 0.3) is 10.9 Å². The Morgan fingerprint density at radius 2 is 1.85 bits per heavy atom. The maximum Gasteiger partial charge on any atom is 0.417 e. The van der Waals surface area contributed by atoms with Crippen LogP contribution in [0, 0.1) is 0 Å². The molecule has 2 heterocycles. The molecular weight excluding hydrogens is 513 g/mol. The normalized spacial score (nSPS) is 14.9. The third-order valence-electron chi connectivity index (χ3n) is 5.78. The van der Waals surface area contributed by atoms with E-state index in [1.54, 1.807) is 25.3 Å². The van der Waals surface area contributed by atoms with Crippen LogP contribution in [0.5, 0.6) is 11.5 Å². The van der Waals surface area contributed by atoms with Gasteiger partial charge < -0.3 is 19.7 Å². The summed E-state index contributed by atoms with van der Waals surface area (Å²) < 4.78 is 51.3. The first-order valence-corrected chi connectivity index (χ1v) is 12.0. The molecule has 1 fully saturated rings. The predicted octanol–water partition coefficient (Wildman–Crippen LogP) is 6.42. The summed E-state index contributed by atoms with van der Waals surface area (Å²) >= 11 is 2.96. The molecule has 1 aliphatic heterocycles. The van der Waals surface area contributed by atoms with E-state index >= 15 is 0 Å². The van der Waals surface area contributed by atoms with Crippen LogP contribution in [0.4, 0.5) is 24.7 Å². The topological polar surface area (TPSA) is 59.5 Å². The molecule has 182 valence electrons. The van der Waals surface area contributed by atoms with Gasteiger partial charge in [0.25, 0.3) is 0 Å². The summed E-state index contributed by atoms with van der Waals surface area (Å²) in [5.41, 5.74) is 0.0821. The van der Waals surface area contributed by atoms with Crippen LogP contribution < -0.4 is 14.8 Å². The van der Waals surface area contributed by atoms with E-state index in [4.69, 9.17) is 9.47 Å². The van der Waals surface area contributed by atoms with Crippen molar-refractivity contribution in [1.29, 1.82) is 0 Å². The Bertz CT molecular complexity index is 1140. The van der Waals surface area contributed by atoms with Crippen LogP contribution in [0.3, 0.4) is 0 Å². The first-order valence-electron chi connectivity index (χ1n) is 11.2. The van der Waals surface area contributed by atoms with Gasteiger partial charge in [-0.15, -0.1) is 0 Å². The fourth-order valence-electron chi connectivity index (χ4n) is 4.05. The van der Waals surface area contributed by atoms with Crippen LogP contribution >= 0.6 is 15.9 Å². The molecule has 0 unspecified atom stereocenters. The Morgan fingerprint density at radius 3 is 2.59 bits per heavy atom. The summed E-state index contributed by atoms with van der Waals surface area (Å²) in [7, 11) is 1.54. The molecule has 1 saturated heterocycles. The average molecular weight is 539 g/mol. The number of fused-ring (bicyclic) bond motifs is 1. The molecule has 0 bridgehead atoms. The molecule has 1 aliphatic rings. The largest absolute Gasteiger partial charge is 0.493 e. The minimum Gasteiger partial charge on any atom is -0.493 e. The molecule has 1 N–H and O–H groups in total. The first-order chi connectivity index (χ1) is 16.3. The van der Waals surface area contributed by atoms with Crippen molar-refractivity contribution in [3.05, 3.63) is 46.7 Å². The van der Waals surface area contributed by atoms with Crippen molar-refractivity contribution >= 4 is 38.3 Å². The van der Waals surface area contributed by atoms with Crippen LogP contribution in [0.2, 0.25) is 0 Å². The summed E-state index contributed by atoms with van der Waals surface area (Å²) in [5, 5.41) is 3.58. The number of anilines is 2. The van der Waals surface area contributed by atoms with Crippen molar-refractivity contribution in [1.82, 2.24) is 14.9 Å². The zero-order valence-electron chi connectivity index (χ0n) is 18.8. The molecule has 6 nitrogen and oxygen atoms in total. The first kappa shape index (κ1) is 24.5. The zero-order valence-corrected chi connectivity index (χ0v) is 20.4. The van der Waals surface area contributed by atoms with Crippen molar-refractivity contribution in [3.63, 3.8) is 0 Å². The zero-order chi connectivity index (χ0) is 24.1. The molecule has 0 atom stereocenters. The summed E-state index contributed by atoms with van der Waals surface area (Å²) in [6.07, 6.45) is 1.61. The number of hydrogen-bond acceptors (Lipinski definition) is 6. The standard InChI is InChI=1S/C24H26BrF3N4O2/c1-33-21-13-17-20(14-22(21)34-11-5-10-32-8-3-2-4-9-32)29-15-30-23(17)31-16-6-7-19(25)18(12-16)24(26,27)28/h6-7,12-15H,2-5,8-11H2,1H3,(H,29,30,31). The highest BCUT2D eigenvalue weighted by molar-refractivity contribution is 9.10. The molecule has 0 radical (unpaired) electrons. The molecule has 0 amide bonds. The van der Waals surface area contributed by atoms with Crippen LogP contribution in [0.1, 0.15) is 31.2 Å². The summed E-state index contributed by atoms with van der Waals surface area (Å²) in [4.78, 5) is 11.0. The van der Waals surface area contributed by atoms with Gasteiger partial charge in [0, 0.05) is 28.2 Å². The lowest BCUT2D eigenvalue weighted by Gasteiger charge is -2.26. The van der Waals surface area contributed by atoms with Gasteiger partial charge in [-0.3, -0.25) is 0 Å². The molecule has 0 saturated carbocycles. The second kappa shape index (κ2) is 10.8. The van der Waals surface area contributed by atoms with Crippen molar-refractivity contribution < 1.29 is 22.6 Å². The predicted molar refractivity (Wildman–Crippen MR) is 129 cm³/mol. The van der Waals surface area contributed by atoms with E-state index in [0.29, 0.717) is 34.8 Å². The Balaban J connectivity index is 1.51. The van der Waals surface area contributed by atoms with Gasteiger partial charge in [-0.2, -0.15) is 13.2 Å². The highest BCUT2D eigenvalue weighted by atomic mass is 79.9. The average Bonchev–Trinajstić information content (AvgIpc) is 2.82. The third kappa shape index (κ3) is 5.90. The number of piperidine rings is 1. The fraction of sp³-hybridized carbons (Fsp3) is 0.417. The summed E-state index contributed by atoms with van der Waals surface area (Å²) in [6, 6.07) is 7.44. The van der Waals surface area contributed by atoms with Gasteiger partial charge in [0.2, 0.25) is 0 Å². The lowest BCUT2D eigenvalue weighted by molar-refractivity contribution is -0.138. The number of hydrogen-bond donors (Lipinski definition) is 1. The van der Waals surface area contributed by atoms with Crippen LogP contribution in [-0.4, -0.2) is 48.2 Å². The van der Waals surface area contributed by atoms with Crippen LogP contribution in [0.15, 0.2) is 41.1 Å². The maximum absolute atomic E-state index is 13.3. The molecular formula is C24H26BrF3N4O2. The van der Waals surface area contributed by atoms with Gasteiger partial charge in [0.1, 0.15) is 12.1 Å². The number of benzene rings is 2. The van der Waals surface area contributed by atoms with Crippen molar-refractivity contribution in [2.75, 3.05) is 38.7 Å². The number of nitrogens with zero attached hydrogens (tertiary/aromatic N) is 3. The van der Waals surface area contributed by atoms with Gasteiger partial charge in [-0.25, -0.2) is 9.97 Å². The van der Waals surface area contributed by atoms with Crippen molar-refractivity contribution in [2.45, 2.75) is 31.9 Å². The highest BCUT2D eigenvalue weighted by Gasteiger charge is 2.33. The molecule has 2 aromatic carbocycles. The monoisotopic (exact) mass is 538 g/mol. The molecule has 34 heavy (non-hydrogen) atoms. The minimum absolute atomic E-state index is 0.0261. The number of aromatic nitrogens is 2. The SMILES string of the molecule is COc1cc2c(Nc3ccc(Br)c(C(F)(F)F)c3)ncnc2cc1OCCCN1CCCCC1. The molecule has 1 aromatic heterocycles. The van der Waals surface area contributed by atoms with Gasteiger partial charge in [0.05, 0.1) is 24.8 Å². The number of alkyl halides is 3. The Kier molecular flexibility index (Phi) is 7.77. The quantitative estimate of drug-likeness (QED) is 0.334.